The lowest BCUT2D eigenvalue weighted by Gasteiger charge is -2.16. The molecule has 19 heavy (non-hydrogen) atoms. The van der Waals surface area contributed by atoms with Gasteiger partial charge in [-0.15, -0.1) is 0 Å². The highest BCUT2D eigenvalue weighted by Crippen LogP contribution is 2.07. The number of aliphatic hydroxyl groups excluding tert-OH is 1. The number of pyridine rings is 1. The SMILES string of the molecule is OC[C@@H](Cc1ccccc1)NCc1ccc(O)cn1. The molecule has 0 saturated carbocycles. The normalized spacial score (nSPS) is 12.3. The van der Waals surface area contributed by atoms with Gasteiger partial charge in [0.25, 0.3) is 0 Å². The van der Waals surface area contributed by atoms with Gasteiger partial charge in [-0.2, -0.15) is 0 Å². The monoisotopic (exact) mass is 258 g/mol. The van der Waals surface area contributed by atoms with E-state index < -0.39 is 0 Å². The summed E-state index contributed by atoms with van der Waals surface area (Å²) in [5.41, 5.74) is 2.03. The van der Waals surface area contributed by atoms with Crippen molar-refractivity contribution in [2.75, 3.05) is 6.61 Å². The summed E-state index contributed by atoms with van der Waals surface area (Å²) in [6.45, 7) is 0.644. The van der Waals surface area contributed by atoms with Crippen molar-refractivity contribution in [2.24, 2.45) is 0 Å². The van der Waals surface area contributed by atoms with E-state index in [1.165, 1.54) is 11.8 Å². The number of aliphatic hydroxyl groups is 1. The molecule has 0 saturated heterocycles. The highest BCUT2D eigenvalue weighted by molar-refractivity contribution is 5.18. The van der Waals surface area contributed by atoms with E-state index in [9.17, 15) is 5.11 Å². The molecule has 3 N–H and O–H groups in total. The summed E-state index contributed by atoms with van der Waals surface area (Å²) in [6, 6.07) is 13.4. The summed E-state index contributed by atoms with van der Waals surface area (Å²) in [7, 11) is 0. The lowest BCUT2D eigenvalue weighted by atomic mass is 10.1. The molecular weight excluding hydrogens is 240 g/mol. The predicted molar refractivity (Wildman–Crippen MR) is 73.8 cm³/mol. The van der Waals surface area contributed by atoms with E-state index in [0.717, 1.165) is 12.1 Å². The summed E-state index contributed by atoms with van der Waals surface area (Å²) in [6.07, 6.45) is 2.19. The van der Waals surface area contributed by atoms with Gasteiger partial charge in [0.05, 0.1) is 18.5 Å². The van der Waals surface area contributed by atoms with Crippen LogP contribution in [0.5, 0.6) is 5.75 Å². The van der Waals surface area contributed by atoms with E-state index in [1.807, 2.05) is 30.3 Å². The average Bonchev–Trinajstić information content (AvgIpc) is 2.46. The van der Waals surface area contributed by atoms with E-state index in [-0.39, 0.29) is 18.4 Å². The minimum atomic E-state index is -0.00185. The fourth-order valence-electron chi connectivity index (χ4n) is 1.87. The molecule has 100 valence electrons. The van der Waals surface area contributed by atoms with Gasteiger partial charge in [-0.25, -0.2) is 0 Å². The number of aromatic nitrogens is 1. The zero-order chi connectivity index (χ0) is 13.5. The molecule has 1 aromatic carbocycles. The van der Waals surface area contributed by atoms with Gasteiger partial charge < -0.3 is 15.5 Å². The fourth-order valence-corrected chi connectivity index (χ4v) is 1.87. The maximum absolute atomic E-state index is 9.39. The second-order valence-electron chi connectivity index (χ2n) is 4.46. The van der Waals surface area contributed by atoms with Gasteiger partial charge in [0.1, 0.15) is 5.75 Å². The van der Waals surface area contributed by atoms with Crippen LogP contribution in [0.4, 0.5) is 0 Å². The van der Waals surface area contributed by atoms with E-state index in [0.29, 0.717) is 6.54 Å². The third kappa shape index (κ3) is 4.35. The minimum absolute atomic E-state index is 0.00185. The Balaban J connectivity index is 1.87. The molecular formula is C15H18N2O2. The van der Waals surface area contributed by atoms with Gasteiger partial charge in [-0.05, 0) is 24.1 Å². The number of nitrogens with one attached hydrogen (secondary N) is 1. The molecule has 1 aromatic heterocycles. The van der Waals surface area contributed by atoms with Crippen molar-refractivity contribution in [3.05, 3.63) is 59.9 Å². The van der Waals surface area contributed by atoms with Crippen molar-refractivity contribution in [2.45, 2.75) is 19.0 Å². The second-order valence-corrected chi connectivity index (χ2v) is 4.46. The third-order valence-electron chi connectivity index (χ3n) is 2.93. The Morgan fingerprint density at radius 2 is 1.89 bits per heavy atom. The molecule has 0 aliphatic carbocycles. The Kier molecular flexibility index (Phi) is 4.89. The molecule has 1 heterocycles. The molecule has 4 nitrogen and oxygen atoms in total. The minimum Gasteiger partial charge on any atom is -0.506 e. The number of benzene rings is 1. The first-order valence-corrected chi connectivity index (χ1v) is 6.30. The second kappa shape index (κ2) is 6.87. The molecule has 0 fully saturated rings. The highest BCUT2D eigenvalue weighted by atomic mass is 16.3. The first-order valence-electron chi connectivity index (χ1n) is 6.30. The highest BCUT2D eigenvalue weighted by Gasteiger charge is 2.08. The van der Waals surface area contributed by atoms with Crippen LogP contribution in [0.2, 0.25) is 0 Å². The lowest BCUT2D eigenvalue weighted by Crippen LogP contribution is -2.34. The fraction of sp³-hybridized carbons (Fsp3) is 0.267. The Labute approximate surface area is 112 Å². The standard InChI is InChI=1S/C15H18N2O2/c18-11-14(8-12-4-2-1-3-5-12)16-9-13-6-7-15(19)10-17-13/h1-7,10,14,16,18-19H,8-9,11H2/t14-/m1/s1. The zero-order valence-electron chi connectivity index (χ0n) is 10.7. The number of hydrogen-bond donors (Lipinski definition) is 3. The van der Waals surface area contributed by atoms with Gasteiger partial charge in [0, 0.05) is 12.6 Å². The van der Waals surface area contributed by atoms with Crippen LogP contribution >= 0.6 is 0 Å². The van der Waals surface area contributed by atoms with E-state index in [4.69, 9.17) is 5.11 Å². The number of rotatable bonds is 6. The largest absolute Gasteiger partial charge is 0.506 e. The molecule has 4 heteroatoms. The van der Waals surface area contributed by atoms with Crippen molar-refractivity contribution in [1.82, 2.24) is 10.3 Å². The molecule has 2 aromatic rings. The predicted octanol–water partition coefficient (Wildman–Crippen LogP) is 1.48. The summed E-state index contributed by atoms with van der Waals surface area (Å²) in [5, 5.41) is 21.8. The molecule has 0 bridgehead atoms. The quantitative estimate of drug-likeness (QED) is 0.734. The van der Waals surface area contributed by atoms with Gasteiger partial charge in [-0.1, -0.05) is 30.3 Å². The van der Waals surface area contributed by atoms with E-state index in [2.05, 4.69) is 10.3 Å². The third-order valence-corrected chi connectivity index (χ3v) is 2.93. The molecule has 0 unspecified atom stereocenters. The van der Waals surface area contributed by atoms with E-state index >= 15 is 0 Å². The number of hydrogen-bond acceptors (Lipinski definition) is 4. The molecule has 0 aliphatic heterocycles. The Morgan fingerprint density at radius 1 is 1.11 bits per heavy atom. The van der Waals surface area contributed by atoms with Crippen LogP contribution in [0, 0.1) is 0 Å². The van der Waals surface area contributed by atoms with Gasteiger partial charge >= 0.3 is 0 Å². The molecule has 0 radical (unpaired) electrons. The first-order chi connectivity index (χ1) is 9.28. The Hall–Kier alpha value is -1.91. The summed E-state index contributed by atoms with van der Waals surface area (Å²) < 4.78 is 0. The van der Waals surface area contributed by atoms with Crippen LogP contribution in [0.1, 0.15) is 11.3 Å². The van der Waals surface area contributed by atoms with Crippen LogP contribution in [-0.2, 0) is 13.0 Å². The maximum Gasteiger partial charge on any atom is 0.133 e. The average molecular weight is 258 g/mol. The molecule has 1 atom stereocenters. The summed E-state index contributed by atoms with van der Waals surface area (Å²) >= 11 is 0. The lowest BCUT2D eigenvalue weighted by molar-refractivity contribution is 0.240. The first kappa shape index (κ1) is 13.5. The van der Waals surface area contributed by atoms with Crippen molar-refractivity contribution in [3.8, 4) is 5.75 Å². The van der Waals surface area contributed by atoms with E-state index in [1.54, 1.807) is 12.1 Å². The van der Waals surface area contributed by atoms with Crippen LogP contribution < -0.4 is 5.32 Å². The Morgan fingerprint density at radius 3 is 2.53 bits per heavy atom. The van der Waals surface area contributed by atoms with Crippen molar-refractivity contribution in [1.29, 1.82) is 0 Å². The zero-order valence-corrected chi connectivity index (χ0v) is 10.7. The molecule has 0 amide bonds. The topological polar surface area (TPSA) is 65.4 Å². The number of aromatic hydroxyl groups is 1. The van der Waals surface area contributed by atoms with Gasteiger partial charge in [0.2, 0.25) is 0 Å². The molecule has 2 rings (SSSR count). The summed E-state index contributed by atoms with van der Waals surface area (Å²) in [5.74, 6) is 0.159. The summed E-state index contributed by atoms with van der Waals surface area (Å²) in [4.78, 5) is 4.10. The molecule has 0 aliphatic rings. The van der Waals surface area contributed by atoms with Crippen LogP contribution in [-0.4, -0.2) is 27.8 Å². The van der Waals surface area contributed by atoms with Crippen LogP contribution in [0.3, 0.4) is 0 Å². The van der Waals surface area contributed by atoms with Crippen molar-refractivity contribution >= 4 is 0 Å². The van der Waals surface area contributed by atoms with Gasteiger partial charge in [0.15, 0.2) is 0 Å². The smallest absolute Gasteiger partial charge is 0.133 e. The van der Waals surface area contributed by atoms with Crippen LogP contribution in [0.15, 0.2) is 48.7 Å². The maximum atomic E-state index is 9.39. The van der Waals surface area contributed by atoms with Crippen LogP contribution in [0.25, 0.3) is 0 Å². The Bertz CT molecular complexity index is 485. The van der Waals surface area contributed by atoms with Crippen molar-refractivity contribution < 1.29 is 10.2 Å². The van der Waals surface area contributed by atoms with Crippen molar-refractivity contribution in [3.63, 3.8) is 0 Å². The van der Waals surface area contributed by atoms with Gasteiger partial charge in [-0.3, -0.25) is 4.98 Å². The molecule has 0 spiro atoms. The number of nitrogens with zero attached hydrogens (tertiary/aromatic N) is 1.